The Morgan fingerprint density at radius 1 is 1.43 bits per heavy atom. The van der Waals surface area contributed by atoms with Crippen LogP contribution in [-0.4, -0.2) is 35.3 Å². The number of likely N-dealkylation sites (tertiary alicyclic amines) is 1. The molecule has 1 N–H and O–H groups in total. The SMILES string of the molecule is C[C@@H](OC(=O)[C@H]1CC(=O)N(Cc2ccco2)C1)C(=O)Nc1ccc(F)c(Cl)c1. The number of nitrogens with one attached hydrogen (secondary N) is 1. The molecule has 148 valence electrons. The number of rotatable bonds is 6. The normalized spacial score (nSPS) is 17.5. The highest BCUT2D eigenvalue weighted by molar-refractivity contribution is 6.31. The molecule has 3 rings (SSSR count). The lowest BCUT2D eigenvalue weighted by molar-refractivity contribution is -0.157. The predicted octanol–water partition coefficient (Wildman–Crippen LogP) is 2.99. The molecule has 28 heavy (non-hydrogen) atoms. The van der Waals surface area contributed by atoms with E-state index in [0.717, 1.165) is 6.07 Å². The number of carbonyl (C=O) groups is 3. The first-order chi connectivity index (χ1) is 13.3. The molecule has 2 amide bonds. The standard InChI is InChI=1S/C19H18ClFN2O5/c1-11(18(25)22-13-4-5-16(21)15(20)8-13)28-19(26)12-7-17(24)23(9-12)10-14-3-2-6-27-14/h2-6,8,11-12H,7,9-10H2,1H3,(H,22,25)/t11-,12+/m1/s1. The van der Waals surface area contributed by atoms with Gasteiger partial charge < -0.3 is 19.4 Å². The molecule has 2 heterocycles. The fourth-order valence-electron chi connectivity index (χ4n) is 2.82. The summed E-state index contributed by atoms with van der Waals surface area (Å²) in [4.78, 5) is 38.1. The molecule has 0 unspecified atom stereocenters. The number of carbonyl (C=O) groups excluding carboxylic acids is 3. The zero-order valence-electron chi connectivity index (χ0n) is 15.0. The number of furan rings is 1. The average Bonchev–Trinajstić information content (AvgIpc) is 3.28. The first kappa shape index (κ1) is 19.9. The van der Waals surface area contributed by atoms with Gasteiger partial charge in [-0.05, 0) is 37.3 Å². The Bertz CT molecular complexity index is 886. The molecule has 0 saturated carbocycles. The van der Waals surface area contributed by atoms with Crippen LogP contribution in [-0.2, 0) is 25.7 Å². The number of hydrogen-bond acceptors (Lipinski definition) is 5. The molecule has 1 aromatic carbocycles. The Kier molecular flexibility index (Phi) is 5.99. The van der Waals surface area contributed by atoms with Gasteiger partial charge in [-0.25, -0.2) is 4.39 Å². The van der Waals surface area contributed by atoms with Crippen LogP contribution < -0.4 is 5.32 Å². The van der Waals surface area contributed by atoms with Crippen LogP contribution in [0.5, 0.6) is 0 Å². The summed E-state index contributed by atoms with van der Waals surface area (Å²) in [5.41, 5.74) is 0.278. The third-order valence-corrected chi connectivity index (χ3v) is 4.61. The molecule has 1 aromatic heterocycles. The van der Waals surface area contributed by atoms with Crippen molar-refractivity contribution in [2.45, 2.75) is 26.0 Å². The van der Waals surface area contributed by atoms with E-state index in [1.54, 1.807) is 12.1 Å². The number of anilines is 1. The lowest BCUT2D eigenvalue weighted by atomic mass is 10.1. The van der Waals surface area contributed by atoms with Crippen LogP contribution in [0.1, 0.15) is 19.1 Å². The molecule has 2 atom stereocenters. The second-order valence-corrected chi connectivity index (χ2v) is 6.86. The molecule has 1 aliphatic heterocycles. The topological polar surface area (TPSA) is 88.9 Å². The third-order valence-electron chi connectivity index (χ3n) is 4.32. The van der Waals surface area contributed by atoms with Gasteiger partial charge >= 0.3 is 5.97 Å². The number of amides is 2. The first-order valence-corrected chi connectivity index (χ1v) is 8.98. The highest BCUT2D eigenvalue weighted by Gasteiger charge is 2.36. The quantitative estimate of drug-likeness (QED) is 0.742. The van der Waals surface area contributed by atoms with Gasteiger partial charge in [0.25, 0.3) is 5.91 Å². The number of hydrogen-bond donors (Lipinski definition) is 1. The summed E-state index contributed by atoms with van der Waals surface area (Å²) < 4.78 is 23.6. The molecule has 7 nitrogen and oxygen atoms in total. The minimum atomic E-state index is -1.09. The van der Waals surface area contributed by atoms with Crippen molar-refractivity contribution in [3.63, 3.8) is 0 Å². The zero-order chi connectivity index (χ0) is 20.3. The summed E-state index contributed by atoms with van der Waals surface area (Å²) in [6, 6.07) is 7.18. The first-order valence-electron chi connectivity index (χ1n) is 8.60. The number of halogens is 2. The van der Waals surface area contributed by atoms with Crippen LogP contribution in [0.15, 0.2) is 41.0 Å². The molecule has 0 bridgehead atoms. The monoisotopic (exact) mass is 408 g/mol. The van der Waals surface area contributed by atoms with Gasteiger partial charge in [0.05, 0.1) is 23.7 Å². The minimum Gasteiger partial charge on any atom is -0.467 e. The van der Waals surface area contributed by atoms with Crippen molar-refractivity contribution in [2.24, 2.45) is 5.92 Å². The number of esters is 1. The van der Waals surface area contributed by atoms with Gasteiger partial charge in [-0.2, -0.15) is 0 Å². The maximum atomic E-state index is 13.2. The van der Waals surface area contributed by atoms with Gasteiger partial charge in [0.2, 0.25) is 5.91 Å². The van der Waals surface area contributed by atoms with Crippen LogP contribution in [0.3, 0.4) is 0 Å². The number of nitrogens with zero attached hydrogens (tertiary/aromatic N) is 1. The van der Waals surface area contributed by atoms with Gasteiger partial charge in [0.15, 0.2) is 6.10 Å². The fraction of sp³-hybridized carbons (Fsp3) is 0.316. The van der Waals surface area contributed by atoms with Crippen molar-refractivity contribution >= 4 is 35.1 Å². The smallest absolute Gasteiger partial charge is 0.312 e. The van der Waals surface area contributed by atoms with Gasteiger partial charge in [0.1, 0.15) is 11.6 Å². The van der Waals surface area contributed by atoms with Crippen molar-refractivity contribution in [1.29, 1.82) is 0 Å². The van der Waals surface area contributed by atoms with E-state index in [-0.39, 0.29) is 36.1 Å². The molecule has 0 radical (unpaired) electrons. The van der Waals surface area contributed by atoms with Crippen LogP contribution >= 0.6 is 11.6 Å². The van der Waals surface area contributed by atoms with Gasteiger partial charge in [0, 0.05) is 18.7 Å². The Labute approximate surface area is 165 Å². The van der Waals surface area contributed by atoms with Crippen LogP contribution in [0.25, 0.3) is 0 Å². The van der Waals surface area contributed by atoms with E-state index >= 15 is 0 Å². The maximum absolute atomic E-state index is 13.2. The van der Waals surface area contributed by atoms with Crippen molar-refractivity contribution in [1.82, 2.24) is 4.90 Å². The van der Waals surface area contributed by atoms with E-state index in [9.17, 15) is 18.8 Å². The summed E-state index contributed by atoms with van der Waals surface area (Å²) in [5.74, 6) is -2.05. The Hall–Kier alpha value is -2.87. The van der Waals surface area contributed by atoms with E-state index < -0.39 is 29.7 Å². The second-order valence-electron chi connectivity index (χ2n) is 6.45. The van der Waals surface area contributed by atoms with Crippen LogP contribution in [0.4, 0.5) is 10.1 Å². The maximum Gasteiger partial charge on any atom is 0.312 e. The van der Waals surface area contributed by atoms with Crippen molar-refractivity contribution in [3.05, 3.63) is 53.2 Å². The van der Waals surface area contributed by atoms with Crippen LogP contribution in [0, 0.1) is 11.7 Å². The molecule has 1 saturated heterocycles. The Morgan fingerprint density at radius 2 is 2.21 bits per heavy atom. The lowest BCUT2D eigenvalue weighted by Crippen LogP contribution is -2.33. The second kappa shape index (κ2) is 8.43. The number of ether oxygens (including phenoxy) is 1. The molecule has 0 spiro atoms. The van der Waals surface area contributed by atoms with E-state index in [0.29, 0.717) is 5.76 Å². The highest BCUT2D eigenvalue weighted by atomic mass is 35.5. The lowest BCUT2D eigenvalue weighted by Gasteiger charge is -2.17. The minimum absolute atomic E-state index is 0.0153. The Morgan fingerprint density at radius 3 is 2.89 bits per heavy atom. The fourth-order valence-corrected chi connectivity index (χ4v) is 3.00. The summed E-state index contributed by atoms with van der Waals surface area (Å²) in [6.07, 6.45) is 0.433. The summed E-state index contributed by atoms with van der Waals surface area (Å²) in [7, 11) is 0. The average molecular weight is 409 g/mol. The molecule has 0 aliphatic carbocycles. The van der Waals surface area contributed by atoms with Gasteiger partial charge in [-0.15, -0.1) is 0 Å². The van der Waals surface area contributed by atoms with Crippen molar-refractivity contribution in [2.75, 3.05) is 11.9 Å². The van der Waals surface area contributed by atoms with Crippen molar-refractivity contribution in [3.8, 4) is 0 Å². The summed E-state index contributed by atoms with van der Waals surface area (Å²) in [6.45, 7) is 1.88. The molecule has 2 aromatic rings. The molecule has 1 aliphatic rings. The van der Waals surface area contributed by atoms with Gasteiger partial charge in [-0.3, -0.25) is 14.4 Å². The van der Waals surface area contributed by atoms with E-state index in [4.69, 9.17) is 20.8 Å². The molecule has 1 fully saturated rings. The zero-order valence-corrected chi connectivity index (χ0v) is 15.7. The summed E-state index contributed by atoms with van der Waals surface area (Å²) >= 11 is 5.67. The summed E-state index contributed by atoms with van der Waals surface area (Å²) in [5, 5.41) is 2.36. The van der Waals surface area contributed by atoms with E-state index in [1.807, 2.05) is 0 Å². The van der Waals surface area contributed by atoms with E-state index in [1.165, 1.54) is 30.2 Å². The predicted molar refractivity (Wildman–Crippen MR) is 97.8 cm³/mol. The Balaban J connectivity index is 1.52. The molecular formula is C19H18ClFN2O5. The van der Waals surface area contributed by atoms with Crippen LogP contribution in [0.2, 0.25) is 5.02 Å². The third kappa shape index (κ3) is 4.69. The highest BCUT2D eigenvalue weighted by Crippen LogP contribution is 2.23. The largest absolute Gasteiger partial charge is 0.467 e. The molecular weight excluding hydrogens is 391 g/mol. The van der Waals surface area contributed by atoms with Gasteiger partial charge in [-0.1, -0.05) is 11.6 Å². The molecule has 9 heteroatoms. The van der Waals surface area contributed by atoms with Crippen molar-refractivity contribution < 1.29 is 27.9 Å². The number of benzene rings is 1. The van der Waals surface area contributed by atoms with E-state index in [2.05, 4.69) is 5.32 Å².